The Bertz CT molecular complexity index is 2620. The molecule has 0 unspecified atom stereocenters. The largest absolute Gasteiger partial charge is 0.336 e. The van der Waals surface area contributed by atoms with Crippen molar-refractivity contribution < 1.29 is 9.59 Å². The van der Waals surface area contributed by atoms with Crippen molar-refractivity contribution in [2.24, 2.45) is 0 Å². The highest BCUT2D eigenvalue weighted by molar-refractivity contribution is 9.10. The Labute approximate surface area is 345 Å². The van der Waals surface area contributed by atoms with E-state index in [2.05, 4.69) is 113 Å². The maximum atomic E-state index is 13.2. The first-order valence-electron chi connectivity index (χ1n) is 18.7. The number of carbonyl (C=O) groups excluding carboxylic acids is 2. The number of aryl methyl sites for hydroxylation is 2. The lowest BCUT2D eigenvalue weighted by Crippen LogP contribution is -2.17. The van der Waals surface area contributed by atoms with Gasteiger partial charge in [-0.2, -0.15) is 10.4 Å². The van der Waals surface area contributed by atoms with Gasteiger partial charge in [0.15, 0.2) is 0 Å². The van der Waals surface area contributed by atoms with E-state index >= 15 is 0 Å². The molecule has 0 saturated heterocycles. The van der Waals surface area contributed by atoms with Gasteiger partial charge in [0, 0.05) is 55.0 Å². The molecule has 0 atom stereocenters. The van der Waals surface area contributed by atoms with Gasteiger partial charge < -0.3 is 19.8 Å². The predicted molar refractivity (Wildman–Crippen MR) is 229 cm³/mol. The first-order chi connectivity index (χ1) is 27.8. The smallest absolute Gasteiger partial charge is 0.272 e. The molecule has 290 valence electrons. The second-order valence-corrected chi connectivity index (χ2v) is 15.1. The van der Waals surface area contributed by atoms with Crippen molar-refractivity contribution in [2.75, 3.05) is 10.6 Å². The summed E-state index contributed by atoms with van der Waals surface area (Å²) in [5.74, 6) is 0.511. The van der Waals surface area contributed by atoms with Crippen molar-refractivity contribution in [3.8, 4) is 22.8 Å². The fraction of sp³-hybridized carbons (Fsp3) is 0.220. The maximum Gasteiger partial charge on any atom is 0.272 e. The van der Waals surface area contributed by atoms with E-state index in [9.17, 15) is 9.59 Å². The minimum absolute atomic E-state index is 0.162. The zero-order valence-corrected chi connectivity index (χ0v) is 34.5. The van der Waals surface area contributed by atoms with E-state index in [0.29, 0.717) is 45.5 Å². The number of halogens is 2. The summed E-state index contributed by atoms with van der Waals surface area (Å²) in [6, 6.07) is 31.1. The molecule has 4 heterocycles. The van der Waals surface area contributed by atoms with Gasteiger partial charge in [-0.3, -0.25) is 9.59 Å². The first-order valence-corrected chi connectivity index (χ1v) is 20.3. The Balaban J connectivity index is 0.000000174. The molecular weight excluding hydrogens is 852 g/mol. The number of fused-ring (bicyclic) bond motifs is 2. The van der Waals surface area contributed by atoms with Gasteiger partial charge in [-0.1, -0.05) is 101 Å². The lowest BCUT2D eigenvalue weighted by molar-refractivity contribution is 0.101. The summed E-state index contributed by atoms with van der Waals surface area (Å²) < 4.78 is 5.92. The highest BCUT2D eigenvalue weighted by Crippen LogP contribution is 2.31. The molecule has 4 N–H and O–H groups in total. The van der Waals surface area contributed by atoms with E-state index in [0.717, 1.165) is 75.9 Å². The summed E-state index contributed by atoms with van der Waals surface area (Å²) in [4.78, 5) is 26.4. The van der Waals surface area contributed by atoms with Crippen molar-refractivity contribution in [2.45, 2.75) is 59.0 Å². The van der Waals surface area contributed by atoms with Crippen molar-refractivity contribution in [1.29, 1.82) is 0 Å². The van der Waals surface area contributed by atoms with Gasteiger partial charge in [0.25, 0.3) is 11.8 Å². The molecule has 0 saturated carbocycles. The van der Waals surface area contributed by atoms with Gasteiger partial charge in [0.1, 0.15) is 11.4 Å². The van der Waals surface area contributed by atoms with E-state index in [1.54, 1.807) is 0 Å². The highest BCUT2D eigenvalue weighted by Gasteiger charge is 2.20. The second-order valence-electron chi connectivity index (χ2n) is 13.3. The van der Waals surface area contributed by atoms with Crippen molar-refractivity contribution in [3.63, 3.8) is 0 Å². The van der Waals surface area contributed by atoms with Crippen molar-refractivity contribution >= 4 is 76.9 Å². The van der Waals surface area contributed by atoms with Crippen LogP contribution in [0.5, 0.6) is 0 Å². The molecule has 0 bridgehead atoms. The summed E-state index contributed by atoms with van der Waals surface area (Å²) in [5.41, 5.74) is 6.05. The number of amides is 2. The fourth-order valence-corrected chi connectivity index (χ4v) is 7.38. The first kappa shape index (κ1) is 39.2. The lowest BCUT2D eigenvalue weighted by Gasteiger charge is -2.13. The monoisotopic (exact) mass is 890 g/mol. The van der Waals surface area contributed by atoms with Gasteiger partial charge in [-0.05, 0) is 83.9 Å². The van der Waals surface area contributed by atoms with Gasteiger partial charge in [0.2, 0.25) is 11.6 Å². The zero-order valence-electron chi connectivity index (χ0n) is 31.3. The number of H-pyrrole nitrogens is 2. The van der Waals surface area contributed by atoms with Crippen LogP contribution in [-0.2, 0) is 13.1 Å². The van der Waals surface area contributed by atoms with Crippen LogP contribution in [0.25, 0.3) is 44.6 Å². The Morgan fingerprint density at radius 2 is 1.05 bits per heavy atom. The van der Waals surface area contributed by atoms with Crippen molar-refractivity contribution in [3.05, 3.63) is 117 Å². The molecule has 0 aliphatic carbocycles. The number of anilines is 2. The molecule has 2 amide bonds. The third-order valence-corrected chi connectivity index (χ3v) is 10.4. The number of hydrogen-bond acceptors (Lipinski definition) is 8. The normalized spacial score (nSPS) is 11.1. The summed E-state index contributed by atoms with van der Waals surface area (Å²) in [5, 5.41) is 36.5. The molecule has 8 aromatic rings. The number of carbonyl (C=O) groups is 2. The van der Waals surface area contributed by atoms with Gasteiger partial charge in [0.05, 0.1) is 11.4 Å². The summed E-state index contributed by atoms with van der Waals surface area (Å²) >= 11 is 6.91. The number of aromatic amines is 2. The average Bonchev–Trinajstić information content (AvgIpc) is 4.06. The number of unbranched alkanes of at least 4 members (excludes halogenated alkanes) is 3. The molecular formula is C41H40Br2N12O2. The number of benzene rings is 4. The topological polar surface area (TPSA) is 177 Å². The van der Waals surface area contributed by atoms with Crippen LogP contribution < -0.4 is 10.6 Å². The Morgan fingerprint density at radius 3 is 1.49 bits per heavy atom. The molecule has 57 heavy (non-hydrogen) atoms. The van der Waals surface area contributed by atoms with E-state index in [1.807, 2.05) is 91.0 Å². The quantitative estimate of drug-likeness (QED) is 0.0827. The van der Waals surface area contributed by atoms with E-state index in [4.69, 9.17) is 0 Å². The van der Waals surface area contributed by atoms with Crippen LogP contribution in [0.3, 0.4) is 0 Å². The average molecular weight is 893 g/mol. The predicted octanol–water partition coefficient (Wildman–Crippen LogP) is 9.66. The minimum Gasteiger partial charge on any atom is -0.336 e. The third-order valence-electron chi connectivity index (χ3n) is 9.44. The minimum atomic E-state index is -0.167. The van der Waals surface area contributed by atoms with Gasteiger partial charge in [-0.25, -0.2) is 0 Å². The molecule has 4 aromatic heterocycles. The maximum absolute atomic E-state index is 13.2. The number of rotatable bonds is 13. The SMILES string of the molecule is CCCCCn1c(C(=O)Nc2ccc(Br)cc2-c2nn[nH]n2)cc2ccccc21.CCCCn1c(C(=O)Nc2ccc(Br)cc2-c2nn[nH]n2)cc2ccccc21. The zero-order chi connectivity index (χ0) is 39.7. The Hall–Kier alpha value is -6.00. The number of hydrogen-bond donors (Lipinski definition) is 4. The van der Waals surface area contributed by atoms with Crippen molar-refractivity contribution in [1.82, 2.24) is 50.4 Å². The number of para-hydroxylation sites is 2. The second kappa shape index (κ2) is 18.3. The van der Waals surface area contributed by atoms with Crippen LogP contribution >= 0.6 is 31.9 Å². The lowest BCUT2D eigenvalue weighted by atomic mass is 10.1. The fourth-order valence-electron chi connectivity index (χ4n) is 6.66. The molecule has 8 rings (SSSR count). The van der Waals surface area contributed by atoms with Crippen LogP contribution in [-0.4, -0.2) is 62.2 Å². The number of aromatic nitrogens is 10. The number of tetrazole rings is 2. The molecule has 0 aliphatic rings. The number of nitrogens with zero attached hydrogens (tertiary/aromatic N) is 8. The molecule has 0 aliphatic heterocycles. The molecule has 14 nitrogen and oxygen atoms in total. The standard InChI is InChI=1S/C21H21BrN6O.C20H19BrN6O/c1-2-3-6-11-28-18-8-5-4-7-14(18)12-19(28)21(29)23-17-10-9-15(22)13-16(17)20-24-26-27-25-20;1-2-3-10-27-17-7-5-4-6-13(17)11-18(27)20(28)22-16-9-8-14(21)12-15(16)19-23-25-26-24-19/h4-5,7-10,12-13H,2-3,6,11H2,1H3,(H,23,29)(H,24,25,26,27);4-9,11-12H,2-3,10H2,1H3,(H,22,28)(H,23,24,25,26). The number of nitrogens with one attached hydrogen (secondary N) is 4. The van der Waals surface area contributed by atoms with Crippen LogP contribution in [0, 0.1) is 0 Å². The molecule has 16 heteroatoms. The van der Waals surface area contributed by atoms with E-state index in [-0.39, 0.29) is 11.8 Å². The molecule has 4 aromatic carbocycles. The van der Waals surface area contributed by atoms with Gasteiger partial charge in [-0.15, -0.1) is 20.4 Å². The highest BCUT2D eigenvalue weighted by atomic mass is 79.9. The van der Waals surface area contributed by atoms with Crippen LogP contribution in [0.1, 0.15) is 66.9 Å². The summed E-state index contributed by atoms with van der Waals surface area (Å²) in [6.07, 6.45) is 5.35. The Morgan fingerprint density at radius 1 is 0.596 bits per heavy atom. The summed E-state index contributed by atoms with van der Waals surface area (Å²) in [7, 11) is 0. The summed E-state index contributed by atoms with van der Waals surface area (Å²) in [6.45, 7) is 5.92. The molecule has 0 spiro atoms. The Kier molecular flexibility index (Phi) is 12.6. The van der Waals surface area contributed by atoms with Crippen LogP contribution in [0.4, 0.5) is 11.4 Å². The molecule has 0 fully saturated rings. The third kappa shape index (κ3) is 9.02. The van der Waals surface area contributed by atoms with E-state index in [1.165, 1.54) is 0 Å². The van der Waals surface area contributed by atoms with Gasteiger partial charge >= 0.3 is 0 Å². The van der Waals surface area contributed by atoms with E-state index < -0.39 is 0 Å². The van der Waals surface area contributed by atoms with Crippen LogP contribution in [0.2, 0.25) is 0 Å². The van der Waals surface area contributed by atoms with Crippen LogP contribution in [0.15, 0.2) is 106 Å². The molecule has 0 radical (unpaired) electrons.